The maximum absolute atomic E-state index is 9.12. The van der Waals surface area contributed by atoms with Crippen molar-refractivity contribution in [1.29, 1.82) is 5.26 Å². The predicted molar refractivity (Wildman–Crippen MR) is 68.4 cm³/mol. The third-order valence-corrected chi connectivity index (χ3v) is 3.59. The highest BCUT2D eigenvalue weighted by atomic mass is 79.9. The fourth-order valence-corrected chi connectivity index (χ4v) is 2.45. The van der Waals surface area contributed by atoms with E-state index in [1.807, 2.05) is 18.2 Å². The van der Waals surface area contributed by atoms with Crippen LogP contribution in [0.1, 0.15) is 18.9 Å². The lowest BCUT2D eigenvalue weighted by molar-refractivity contribution is 0.567. The van der Waals surface area contributed by atoms with Crippen LogP contribution in [0.3, 0.4) is 0 Å². The van der Waals surface area contributed by atoms with E-state index in [2.05, 4.69) is 39.6 Å². The summed E-state index contributed by atoms with van der Waals surface area (Å²) in [5, 5.41) is 15.9. The van der Waals surface area contributed by atoms with Crippen LogP contribution in [0.25, 0.3) is 0 Å². The summed E-state index contributed by atoms with van der Waals surface area (Å²) >= 11 is 3.40. The Morgan fingerprint density at radius 1 is 1.56 bits per heavy atom. The second-order valence-corrected chi connectivity index (χ2v) is 5.24. The minimum atomic E-state index is 0.0480. The van der Waals surface area contributed by atoms with Gasteiger partial charge in [-0.1, -0.05) is 6.07 Å². The zero-order chi connectivity index (χ0) is 11.6. The maximum Gasteiger partial charge on any atom is 0.103 e. The zero-order valence-electron chi connectivity index (χ0n) is 9.18. The van der Waals surface area contributed by atoms with Crippen LogP contribution in [0.2, 0.25) is 0 Å². The summed E-state index contributed by atoms with van der Waals surface area (Å²) in [6, 6.07) is 8.01. The molecule has 1 aromatic rings. The van der Waals surface area contributed by atoms with Crippen molar-refractivity contribution in [3.05, 3.63) is 28.2 Å². The van der Waals surface area contributed by atoms with E-state index in [0.29, 0.717) is 5.56 Å². The average Bonchev–Trinajstić information content (AvgIpc) is 2.65. The van der Waals surface area contributed by atoms with Gasteiger partial charge < -0.3 is 10.6 Å². The molecule has 1 unspecified atom stereocenters. The molecule has 0 aromatic heterocycles. The van der Waals surface area contributed by atoms with Crippen LogP contribution in [0, 0.1) is 11.3 Å². The van der Waals surface area contributed by atoms with Gasteiger partial charge in [-0.3, -0.25) is 0 Å². The number of nitriles is 1. The summed E-state index contributed by atoms with van der Waals surface area (Å²) in [6.07, 6.45) is 1.07. The topological polar surface area (TPSA) is 47.9 Å². The fourth-order valence-electron chi connectivity index (χ4n) is 1.99. The molecule has 0 spiro atoms. The summed E-state index contributed by atoms with van der Waals surface area (Å²) < 4.78 is 0.842. The van der Waals surface area contributed by atoms with Crippen molar-refractivity contribution in [2.24, 2.45) is 0 Å². The number of rotatable bonds is 2. The summed E-state index contributed by atoms with van der Waals surface area (Å²) in [5.74, 6) is 0. The van der Waals surface area contributed by atoms with Gasteiger partial charge in [0.25, 0.3) is 0 Å². The molecule has 4 heteroatoms. The number of halogens is 1. The van der Waals surface area contributed by atoms with Crippen molar-refractivity contribution >= 4 is 21.6 Å². The molecule has 1 fully saturated rings. The van der Waals surface area contributed by atoms with E-state index < -0.39 is 0 Å². The number of benzene rings is 1. The van der Waals surface area contributed by atoms with Gasteiger partial charge in [-0.05, 0) is 48.0 Å². The number of hydrogen-bond donors (Lipinski definition) is 2. The van der Waals surface area contributed by atoms with Gasteiger partial charge in [0.2, 0.25) is 0 Å². The molecule has 1 atom stereocenters. The standard InChI is InChI=1S/C12H14BrN3/c1-12(5-6-15-8-12)16-11-4-2-3-10(13)9(11)7-14/h2-4,15-16H,5-6,8H2,1H3. The predicted octanol–water partition coefficient (Wildman–Crippen LogP) is 2.48. The number of nitrogens with one attached hydrogen (secondary N) is 2. The van der Waals surface area contributed by atoms with Gasteiger partial charge in [0.05, 0.1) is 11.3 Å². The Morgan fingerprint density at radius 2 is 2.38 bits per heavy atom. The van der Waals surface area contributed by atoms with Gasteiger partial charge in [0, 0.05) is 16.6 Å². The number of anilines is 1. The maximum atomic E-state index is 9.12. The van der Waals surface area contributed by atoms with Crippen molar-refractivity contribution in [3.8, 4) is 6.07 Å². The van der Waals surface area contributed by atoms with Crippen molar-refractivity contribution < 1.29 is 0 Å². The van der Waals surface area contributed by atoms with E-state index in [4.69, 9.17) is 5.26 Å². The molecule has 1 saturated heterocycles. The van der Waals surface area contributed by atoms with Crippen LogP contribution in [0.5, 0.6) is 0 Å². The van der Waals surface area contributed by atoms with Gasteiger partial charge >= 0.3 is 0 Å². The Bertz CT molecular complexity index is 430. The average molecular weight is 280 g/mol. The zero-order valence-corrected chi connectivity index (χ0v) is 10.8. The summed E-state index contributed by atoms with van der Waals surface area (Å²) in [6.45, 7) is 4.14. The minimum absolute atomic E-state index is 0.0480. The molecule has 0 bridgehead atoms. The number of nitrogens with zero attached hydrogens (tertiary/aromatic N) is 1. The molecule has 1 aliphatic heterocycles. The Kier molecular flexibility index (Phi) is 3.17. The fraction of sp³-hybridized carbons (Fsp3) is 0.417. The third kappa shape index (κ3) is 2.21. The quantitative estimate of drug-likeness (QED) is 0.875. The highest BCUT2D eigenvalue weighted by molar-refractivity contribution is 9.10. The molecule has 2 rings (SSSR count). The molecule has 1 aromatic carbocycles. The Balaban J connectivity index is 2.28. The van der Waals surface area contributed by atoms with Gasteiger partial charge in [0.15, 0.2) is 0 Å². The molecule has 0 aliphatic carbocycles. The van der Waals surface area contributed by atoms with E-state index in [1.54, 1.807) is 0 Å². The Labute approximate surface area is 104 Å². The van der Waals surface area contributed by atoms with Crippen molar-refractivity contribution in [2.75, 3.05) is 18.4 Å². The smallest absolute Gasteiger partial charge is 0.103 e. The van der Waals surface area contributed by atoms with Crippen LogP contribution in [-0.2, 0) is 0 Å². The number of hydrogen-bond acceptors (Lipinski definition) is 3. The first kappa shape index (κ1) is 11.4. The molecular formula is C12H14BrN3. The molecule has 2 N–H and O–H groups in total. The van der Waals surface area contributed by atoms with E-state index in [0.717, 1.165) is 29.7 Å². The molecule has 84 valence electrons. The third-order valence-electron chi connectivity index (χ3n) is 2.93. The lowest BCUT2D eigenvalue weighted by Gasteiger charge is -2.26. The monoisotopic (exact) mass is 279 g/mol. The lowest BCUT2D eigenvalue weighted by atomic mass is 10.0. The van der Waals surface area contributed by atoms with E-state index in [9.17, 15) is 0 Å². The van der Waals surface area contributed by atoms with Gasteiger partial charge in [-0.15, -0.1) is 0 Å². The summed E-state index contributed by atoms with van der Waals surface area (Å²) in [4.78, 5) is 0. The van der Waals surface area contributed by atoms with Gasteiger partial charge in [0.1, 0.15) is 6.07 Å². The van der Waals surface area contributed by atoms with Crippen LogP contribution in [0.15, 0.2) is 22.7 Å². The van der Waals surface area contributed by atoms with Crippen LogP contribution >= 0.6 is 15.9 Å². The second kappa shape index (κ2) is 4.44. The second-order valence-electron chi connectivity index (χ2n) is 4.39. The molecule has 0 radical (unpaired) electrons. The SMILES string of the molecule is CC1(Nc2cccc(Br)c2C#N)CCNC1. The molecule has 1 aliphatic rings. The van der Waals surface area contributed by atoms with E-state index in [1.165, 1.54) is 0 Å². The van der Waals surface area contributed by atoms with Crippen LogP contribution < -0.4 is 10.6 Å². The summed E-state index contributed by atoms with van der Waals surface area (Å²) in [5.41, 5.74) is 1.63. The van der Waals surface area contributed by atoms with Crippen LogP contribution in [0.4, 0.5) is 5.69 Å². The van der Waals surface area contributed by atoms with E-state index in [-0.39, 0.29) is 5.54 Å². The van der Waals surface area contributed by atoms with Gasteiger partial charge in [-0.2, -0.15) is 5.26 Å². The molecule has 3 nitrogen and oxygen atoms in total. The highest BCUT2D eigenvalue weighted by Gasteiger charge is 2.28. The highest BCUT2D eigenvalue weighted by Crippen LogP contribution is 2.28. The van der Waals surface area contributed by atoms with Crippen LogP contribution in [-0.4, -0.2) is 18.6 Å². The Morgan fingerprint density at radius 3 is 3.00 bits per heavy atom. The Hall–Kier alpha value is -1.05. The first-order valence-corrected chi connectivity index (χ1v) is 6.11. The van der Waals surface area contributed by atoms with Crippen molar-refractivity contribution in [1.82, 2.24) is 5.32 Å². The molecular weight excluding hydrogens is 266 g/mol. The molecule has 0 saturated carbocycles. The largest absolute Gasteiger partial charge is 0.377 e. The first-order chi connectivity index (χ1) is 7.64. The lowest BCUT2D eigenvalue weighted by Crippen LogP contribution is -2.37. The van der Waals surface area contributed by atoms with E-state index >= 15 is 0 Å². The summed E-state index contributed by atoms with van der Waals surface area (Å²) in [7, 11) is 0. The molecule has 1 heterocycles. The minimum Gasteiger partial charge on any atom is -0.377 e. The normalized spacial score (nSPS) is 24.1. The van der Waals surface area contributed by atoms with Gasteiger partial charge in [-0.25, -0.2) is 0 Å². The van der Waals surface area contributed by atoms with Crippen molar-refractivity contribution in [3.63, 3.8) is 0 Å². The first-order valence-electron chi connectivity index (χ1n) is 5.32. The molecule has 0 amide bonds. The molecule has 16 heavy (non-hydrogen) atoms. The van der Waals surface area contributed by atoms with Crippen molar-refractivity contribution in [2.45, 2.75) is 18.9 Å².